The zero-order valence-electron chi connectivity index (χ0n) is 11.7. The molecule has 2 rings (SSSR count). The molecule has 2 aromatic rings. The van der Waals surface area contributed by atoms with Gasteiger partial charge in [0.1, 0.15) is 12.4 Å². The van der Waals surface area contributed by atoms with Crippen molar-refractivity contribution in [3.8, 4) is 11.5 Å². The van der Waals surface area contributed by atoms with Crippen molar-refractivity contribution in [1.82, 2.24) is 0 Å². The van der Waals surface area contributed by atoms with Crippen LogP contribution in [0.25, 0.3) is 0 Å². The molecule has 0 atom stereocenters. The van der Waals surface area contributed by atoms with E-state index in [0.29, 0.717) is 25.4 Å². The SMILES string of the molecule is CCOc1ccc(NCCOc2ccc(Br)cc2)cc1F. The summed E-state index contributed by atoms with van der Waals surface area (Å²) in [5.74, 6) is 0.711. The summed E-state index contributed by atoms with van der Waals surface area (Å²) in [6.45, 7) is 3.36. The van der Waals surface area contributed by atoms with Gasteiger partial charge in [0.25, 0.3) is 0 Å². The molecule has 0 amide bonds. The van der Waals surface area contributed by atoms with Crippen molar-refractivity contribution in [2.24, 2.45) is 0 Å². The molecule has 0 heterocycles. The lowest BCUT2D eigenvalue weighted by molar-refractivity contribution is 0.321. The standard InChI is InChI=1S/C16H17BrFNO2/c1-2-20-16-8-5-13(11-15(16)18)19-9-10-21-14-6-3-12(17)4-7-14/h3-8,11,19H,2,9-10H2,1H3. The Kier molecular flexibility index (Phi) is 5.87. The number of ether oxygens (including phenoxy) is 2. The lowest BCUT2D eigenvalue weighted by Crippen LogP contribution is -2.11. The van der Waals surface area contributed by atoms with E-state index in [-0.39, 0.29) is 11.6 Å². The summed E-state index contributed by atoms with van der Waals surface area (Å²) in [5, 5.41) is 3.11. The Hall–Kier alpha value is -1.75. The van der Waals surface area contributed by atoms with E-state index < -0.39 is 0 Å². The number of benzene rings is 2. The van der Waals surface area contributed by atoms with Crippen molar-refractivity contribution in [1.29, 1.82) is 0 Å². The smallest absolute Gasteiger partial charge is 0.167 e. The molecule has 2 aromatic carbocycles. The fraction of sp³-hybridized carbons (Fsp3) is 0.250. The number of halogens is 2. The van der Waals surface area contributed by atoms with E-state index in [9.17, 15) is 4.39 Å². The fourth-order valence-corrected chi connectivity index (χ4v) is 2.04. The van der Waals surface area contributed by atoms with Gasteiger partial charge in [-0.15, -0.1) is 0 Å². The highest BCUT2D eigenvalue weighted by atomic mass is 79.9. The molecule has 0 aliphatic carbocycles. The highest BCUT2D eigenvalue weighted by Gasteiger charge is 2.03. The second-order valence-corrected chi connectivity index (χ2v) is 5.22. The van der Waals surface area contributed by atoms with E-state index in [1.54, 1.807) is 12.1 Å². The molecule has 0 aliphatic rings. The molecule has 0 bridgehead atoms. The molecule has 1 N–H and O–H groups in total. The predicted molar refractivity (Wildman–Crippen MR) is 85.7 cm³/mol. The van der Waals surface area contributed by atoms with Gasteiger partial charge in [-0.25, -0.2) is 4.39 Å². The van der Waals surface area contributed by atoms with Crippen LogP contribution in [0.15, 0.2) is 46.9 Å². The minimum atomic E-state index is -0.365. The summed E-state index contributed by atoms with van der Waals surface area (Å²) in [6.07, 6.45) is 0. The summed E-state index contributed by atoms with van der Waals surface area (Å²) < 4.78 is 25.4. The Morgan fingerprint density at radius 2 is 1.86 bits per heavy atom. The number of hydrogen-bond donors (Lipinski definition) is 1. The third kappa shape index (κ3) is 4.93. The predicted octanol–water partition coefficient (Wildman–Crippen LogP) is 4.48. The molecular formula is C16H17BrFNO2. The average Bonchev–Trinajstić information content (AvgIpc) is 2.48. The first-order valence-corrected chi connectivity index (χ1v) is 7.53. The highest BCUT2D eigenvalue weighted by molar-refractivity contribution is 9.10. The maximum atomic E-state index is 13.6. The molecule has 0 saturated carbocycles. The summed E-state index contributed by atoms with van der Waals surface area (Å²) in [6, 6.07) is 12.4. The van der Waals surface area contributed by atoms with E-state index in [1.165, 1.54) is 6.07 Å². The quantitative estimate of drug-likeness (QED) is 0.744. The summed E-state index contributed by atoms with van der Waals surface area (Å²) in [4.78, 5) is 0. The molecule has 0 spiro atoms. The van der Waals surface area contributed by atoms with Crippen LogP contribution >= 0.6 is 15.9 Å². The molecule has 21 heavy (non-hydrogen) atoms. The zero-order chi connectivity index (χ0) is 15.1. The number of hydrogen-bond acceptors (Lipinski definition) is 3. The van der Waals surface area contributed by atoms with Crippen LogP contribution in [0.1, 0.15) is 6.92 Å². The number of rotatable bonds is 7. The maximum Gasteiger partial charge on any atom is 0.167 e. The lowest BCUT2D eigenvalue weighted by Gasteiger charge is -2.10. The van der Waals surface area contributed by atoms with Crippen LogP contribution in [0.5, 0.6) is 11.5 Å². The Morgan fingerprint density at radius 3 is 2.52 bits per heavy atom. The van der Waals surface area contributed by atoms with Gasteiger partial charge in [0.15, 0.2) is 11.6 Å². The van der Waals surface area contributed by atoms with Crippen molar-refractivity contribution >= 4 is 21.6 Å². The van der Waals surface area contributed by atoms with Gasteiger partial charge < -0.3 is 14.8 Å². The van der Waals surface area contributed by atoms with Gasteiger partial charge in [-0.05, 0) is 43.3 Å². The first-order chi connectivity index (χ1) is 10.2. The minimum Gasteiger partial charge on any atom is -0.492 e. The summed E-state index contributed by atoms with van der Waals surface area (Å²) in [7, 11) is 0. The highest BCUT2D eigenvalue weighted by Crippen LogP contribution is 2.21. The van der Waals surface area contributed by atoms with Crippen LogP contribution in [0, 0.1) is 5.82 Å². The largest absolute Gasteiger partial charge is 0.492 e. The van der Waals surface area contributed by atoms with Crippen LogP contribution in [0.3, 0.4) is 0 Å². The van der Waals surface area contributed by atoms with E-state index in [0.717, 1.165) is 10.2 Å². The Morgan fingerprint density at radius 1 is 1.10 bits per heavy atom. The molecule has 0 aliphatic heterocycles. The Labute approximate surface area is 132 Å². The van der Waals surface area contributed by atoms with Crippen molar-refractivity contribution in [3.05, 3.63) is 52.8 Å². The van der Waals surface area contributed by atoms with Crippen LogP contribution < -0.4 is 14.8 Å². The third-order valence-corrected chi connectivity index (χ3v) is 3.27. The first-order valence-electron chi connectivity index (χ1n) is 6.73. The van der Waals surface area contributed by atoms with Crippen molar-refractivity contribution in [3.63, 3.8) is 0 Å². The van der Waals surface area contributed by atoms with Crippen LogP contribution in [0.4, 0.5) is 10.1 Å². The zero-order valence-corrected chi connectivity index (χ0v) is 13.3. The van der Waals surface area contributed by atoms with E-state index in [4.69, 9.17) is 9.47 Å². The van der Waals surface area contributed by atoms with Gasteiger partial charge >= 0.3 is 0 Å². The van der Waals surface area contributed by atoms with Gasteiger partial charge in [-0.3, -0.25) is 0 Å². The molecular weight excluding hydrogens is 337 g/mol. The van der Waals surface area contributed by atoms with Crippen molar-refractivity contribution in [2.45, 2.75) is 6.92 Å². The van der Waals surface area contributed by atoms with E-state index in [1.807, 2.05) is 31.2 Å². The molecule has 0 unspecified atom stereocenters. The molecule has 0 radical (unpaired) electrons. The molecule has 112 valence electrons. The Bertz CT molecular complexity index is 575. The van der Waals surface area contributed by atoms with E-state index in [2.05, 4.69) is 21.2 Å². The summed E-state index contributed by atoms with van der Waals surface area (Å²) >= 11 is 3.37. The average molecular weight is 354 g/mol. The molecule has 0 aromatic heterocycles. The van der Waals surface area contributed by atoms with Crippen molar-refractivity contribution in [2.75, 3.05) is 25.1 Å². The van der Waals surface area contributed by atoms with Crippen LogP contribution in [-0.4, -0.2) is 19.8 Å². The van der Waals surface area contributed by atoms with Gasteiger partial charge in [-0.2, -0.15) is 0 Å². The van der Waals surface area contributed by atoms with E-state index >= 15 is 0 Å². The topological polar surface area (TPSA) is 30.5 Å². The number of nitrogens with one attached hydrogen (secondary N) is 1. The fourth-order valence-electron chi connectivity index (χ4n) is 1.78. The monoisotopic (exact) mass is 353 g/mol. The molecule has 5 heteroatoms. The van der Waals surface area contributed by atoms with Crippen LogP contribution in [0.2, 0.25) is 0 Å². The third-order valence-electron chi connectivity index (χ3n) is 2.75. The minimum absolute atomic E-state index is 0.272. The summed E-state index contributed by atoms with van der Waals surface area (Å²) in [5.41, 5.74) is 0.704. The maximum absolute atomic E-state index is 13.6. The molecule has 3 nitrogen and oxygen atoms in total. The van der Waals surface area contributed by atoms with Crippen LogP contribution in [-0.2, 0) is 0 Å². The van der Waals surface area contributed by atoms with Crippen molar-refractivity contribution < 1.29 is 13.9 Å². The Balaban J connectivity index is 1.78. The molecule has 0 fully saturated rings. The lowest BCUT2D eigenvalue weighted by atomic mass is 10.3. The van der Waals surface area contributed by atoms with Gasteiger partial charge in [-0.1, -0.05) is 15.9 Å². The number of anilines is 1. The second kappa shape index (κ2) is 7.88. The van der Waals surface area contributed by atoms with Gasteiger partial charge in [0.05, 0.1) is 6.61 Å². The van der Waals surface area contributed by atoms with Gasteiger partial charge in [0.2, 0.25) is 0 Å². The second-order valence-electron chi connectivity index (χ2n) is 4.31. The first kappa shape index (κ1) is 15.6. The normalized spacial score (nSPS) is 10.2. The van der Waals surface area contributed by atoms with Gasteiger partial charge in [0, 0.05) is 22.8 Å². The molecule has 0 saturated heterocycles.